The number of nitrogens with zero attached hydrogens (tertiary/aromatic N) is 1. The minimum absolute atomic E-state index is 0.0887. The average molecular weight is 582 g/mol. The van der Waals surface area contributed by atoms with Crippen LogP contribution in [0.25, 0.3) is 0 Å². The summed E-state index contributed by atoms with van der Waals surface area (Å²) in [5.41, 5.74) is 6.67. The molecule has 2 aromatic carbocycles. The molecule has 3 unspecified atom stereocenters. The van der Waals surface area contributed by atoms with Crippen LogP contribution in [-0.4, -0.2) is 59.1 Å². The molecule has 12 heteroatoms. The quantitative estimate of drug-likeness (QED) is 0.291. The Morgan fingerprint density at radius 1 is 1.10 bits per heavy atom. The van der Waals surface area contributed by atoms with Gasteiger partial charge in [-0.1, -0.05) is 26.0 Å². The van der Waals surface area contributed by atoms with Gasteiger partial charge in [0.25, 0.3) is 5.91 Å². The first-order valence-corrected chi connectivity index (χ1v) is 14.0. The number of ether oxygens (including phenoxy) is 2. The molecule has 2 amide bonds. The Kier molecular flexibility index (Phi) is 11.3. The number of nitrogens with two attached hydrogens (primary N) is 1. The Labute approximate surface area is 235 Å². The minimum atomic E-state index is -1.30. The van der Waals surface area contributed by atoms with Crippen LogP contribution in [0.2, 0.25) is 0 Å². The Balaban J connectivity index is 1.52. The molecule has 8 nitrogen and oxygen atoms in total. The lowest BCUT2D eigenvalue weighted by Gasteiger charge is -2.24. The van der Waals surface area contributed by atoms with Gasteiger partial charge < -0.3 is 25.4 Å². The molecule has 0 bridgehead atoms. The summed E-state index contributed by atoms with van der Waals surface area (Å²) in [5.74, 6) is -3.64. The largest absolute Gasteiger partial charge is 0.478 e. The SMILES string of the molecule is CCOC(=O)C(Oc1ccc(CNC(=O)C2SCCN2C(=O)CC(N)Cc2cc(F)c(F)cc2F)cc1)C(C)C. The summed E-state index contributed by atoms with van der Waals surface area (Å²) in [6.45, 7) is 6.27. The first kappa shape index (κ1) is 31.3. The van der Waals surface area contributed by atoms with Gasteiger partial charge in [0.1, 0.15) is 11.6 Å². The molecule has 40 heavy (non-hydrogen) atoms. The Bertz CT molecular complexity index is 1200. The van der Waals surface area contributed by atoms with Crippen molar-refractivity contribution in [3.8, 4) is 5.75 Å². The number of carbonyl (C=O) groups is 3. The molecule has 1 saturated heterocycles. The maximum absolute atomic E-state index is 14.0. The van der Waals surface area contributed by atoms with E-state index < -0.39 is 40.9 Å². The molecule has 0 aliphatic carbocycles. The van der Waals surface area contributed by atoms with E-state index in [1.165, 1.54) is 16.7 Å². The number of carbonyl (C=O) groups excluding carboxylic acids is 3. The first-order valence-electron chi connectivity index (χ1n) is 13.0. The van der Waals surface area contributed by atoms with Crippen molar-refractivity contribution in [2.75, 3.05) is 18.9 Å². The van der Waals surface area contributed by atoms with Crippen LogP contribution >= 0.6 is 11.8 Å². The van der Waals surface area contributed by atoms with Gasteiger partial charge in [0.15, 0.2) is 23.1 Å². The molecule has 1 aliphatic rings. The molecule has 218 valence electrons. The molecule has 0 aromatic heterocycles. The number of hydrogen-bond donors (Lipinski definition) is 2. The number of thioether (sulfide) groups is 1. The van der Waals surface area contributed by atoms with E-state index in [0.29, 0.717) is 24.1 Å². The molecule has 3 N–H and O–H groups in total. The van der Waals surface area contributed by atoms with Crippen molar-refractivity contribution in [3.63, 3.8) is 0 Å². The van der Waals surface area contributed by atoms with Gasteiger partial charge in [-0.3, -0.25) is 9.59 Å². The summed E-state index contributed by atoms with van der Waals surface area (Å²) in [4.78, 5) is 39.3. The summed E-state index contributed by atoms with van der Waals surface area (Å²) in [5, 5.41) is 2.07. The molecule has 3 atom stereocenters. The first-order chi connectivity index (χ1) is 19.0. The molecular weight excluding hydrogens is 547 g/mol. The molecule has 1 fully saturated rings. The number of nitrogens with one attached hydrogen (secondary N) is 1. The third-order valence-corrected chi connectivity index (χ3v) is 7.42. The highest BCUT2D eigenvalue weighted by atomic mass is 32.2. The lowest BCUT2D eigenvalue weighted by Crippen LogP contribution is -2.46. The average Bonchev–Trinajstić information content (AvgIpc) is 3.40. The van der Waals surface area contributed by atoms with Gasteiger partial charge in [-0.25, -0.2) is 18.0 Å². The maximum atomic E-state index is 14.0. The van der Waals surface area contributed by atoms with Crippen molar-refractivity contribution in [1.82, 2.24) is 10.2 Å². The number of esters is 1. The van der Waals surface area contributed by atoms with Crippen molar-refractivity contribution < 1.29 is 37.0 Å². The Hall–Kier alpha value is -3.25. The molecule has 3 rings (SSSR count). The molecule has 0 spiro atoms. The van der Waals surface area contributed by atoms with E-state index in [4.69, 9.17) is 15.2 Å². The number of hydrogen-bond acceptors (Lipinski definition) is 7. The molecule has 1 heterocycles. The Morgan fingerprint density at radius 2 is 1.77 bits per heavy atom. The number of benzene rings is 2. The van der Waals surface area contributed by atoms with Crippen LogP contribution in [0.1, 0.15) is 38.3 Å². The highest BCUT2D eigenvalue weighted by Crippen LogP contribution is 2.26. The predicted molar refractivity (Wildman–Crippen MR) is 145 cm³/mol. The van der Waals surface area contributed by atoms with Gasteiger partial charge in [0, 0.05) is 43.3 Å². The maximum Gasteiger partial charge on any atom is 0.347 e. The zero-order valence-electron chi connectivity index (χ0n) is 22.6. The number of rotatable bonds is 12. The standard InChI is InChI=1S/C28H34F3N3O5S/c1-4-38-28(37)25(16(2)3)39-20-7-5-17(6-8-20)15-33-26(36)27-34(9-10-40-27)24(35)13-19(32)11-18-12-22(30)23(31)14-21(18)29/h5-8,12,14,16,19,25,27H,4,9-11,13,15,32H2,1-3H3,(H,33,36). The summed E-state index contributed by atoms with van der Waals surface area (Å²) in [7, 11) is 0. The fourth-order valence-corrected chi connectivity index (χ4v) is 5.31. The van der Waals surface area contributed by atoms with Gasteiger partial charge >= 0.3 is 5.97 Å². The third-order valence-electron chi connectivity index (χ3n) is 6.22. The van der Waals surface area contributed by atoms with Crippen LogP contribution in [0.5, 0.6) is 5.75 Å². The zero-order valence-corrected chi connectivity index (χ0v) is 23.4. The van der Waals surface area contributed by atoms with E-state index in [2.05, 4.69) is 5.32 Å². The lowest BCUT2D eigenvalue weighted by molar-refractivity contribution is -0.153. The summed E-state index contributed by atoms with van der Waals surface area (Å²) in [6.07, 6.45) is -1.09. The van der Waals surface area contributed by atoms with E-state index in [1.54, 1.807) is 31.2 Å². The lowest BCUT2D eigenvalue weighted by atomic mass is 10.0. The van der Waals surface area contributed by atoms with E-state index in [0.717, 1.165) is 11.6 Å². The van der Waals surface area contributed by atoms with E-state index in [-0.39, 0.29) is 49.3 Å². The van der Waals surface area contributed by atoms with Gasteiger partial charge in [0.05, 0.1) is 6.61 Å². The predicted octanol–water partition coefficient (Wildman–Crippen LogP) is 3.55. The molecule has 0 radical (unpaired) electrons. The molecule has 2 aromatic rings. The monoisotopic (exact) mass is 581 g/mol. The molecule has 0 saturated carbocycles. The van der Waals surface area contributed by atoms with Gasteiger partial charge in [0.2, 0.25) is 5.91 Å². The summed E-state index contributed by atoms with van der Waals surface area (Å²) >= 11 is 1.31. The smallest absolute Gasteiger partial charge is 0.347 e. The fraction of sp³-hybridized carbons (Fsp3) is 0.464. The second-order valence-corrected chi connectivity index (χ2v) is 10.9. The van der Waals surface area contributed by atoms with Crippen LogP contribution in [0, 0.1) is 23.4 Å². The minimum Gasteiger partial charge on any atom is -0.478 e. The molecule has 1 aliphatic heterocycles. The summed E-state index contributed by atoms with van der Waals surface area (Å²) in [6, 6.07) is 7.27. The fourth-order valence-electron chi connectivity index (χ4n) is 4.15. The van der Waals surface area contributed by atoms with Crippen LogP contribution in [0.3, 0.4) is 0 Å². The molecular formula is C28H34F3N3O5S. The van der Waals surface area contributed by atoms with Crippen LogP contribution in [0.4, 0.5) is 13.2 Å². The van der Waals surface area contributed by atoms with Crippen molar-refractivity contribution in [1.29, 1.82) is 0 Å². The van der Waals surface area contributed by atoms with Gasteiger partial charge in [-0.2, -0.15) is 0 Å². The van der Waals surface area contributed by atoms with Crippen molar-refractivity contribution in [2.45, 2.75) is 57.7 Å². The van der Waals surface area contributed by atoms with Crippen molar-refractivity contribution in [3.05, 3.63) is 65.0 Å². The van der Waals surface area contributed by atoms with E-state index in [9.17, 15) is 27.6 Å². The van der Waals surface area contributed by atoms with Crippen molar-refractivity contribution >= 4 is 29.5 Å². The number of amides is 2. The normalized spacial score (nSPS) is 16.5. The topological polar surface area (TPSA) is 111 Å². The zero-order chi connectivity index (χ0) is 29.4. The van der Waals surface area contributed by atoms with Gasteiger partial charge in [-0.05, 0) is 42.7 Å². The van der Waals surface area contributed by atoms with Gasteiger partial charge in [-0.15, -0.1) is 11.8 Å². The highest BCUT2D eigenvalue weighted by molar-refractivity contribution is 8.00. The van der Waals surface area contributed by atoms with Crippen molar-refractivity contribution in [2.24, 2.45) is 11.7 Å². The van der Waals surface area contributed by atoms with Crippen LogP contribution < -0.4 is 15.8 Å². The van der Waals surface area contributed by atoms with Crippen LogP contribution in [-0.2, 0) is 32.1 Å². The Morgan fingerprint density at radius 3 is 2.42 bits per heavy atom. The number of halogens is 3. The third kappa shape index (κ3) is 8.37. The van der Waals surface area contributed by atoms with E-state index >= 15 is 0 Å². The highest BCUT2D eigenvalue weighted by Gasteiger charge is 2.35. The van der Waals surface area contributed by atoms with Crippen LogP contribution in [0.15, 0.2) is 36.4 Å². The van der Waals surface area contributed by atoms with E-state index in [1.807, 2.05) is 13.8 Å². The summed E-state index contributed by atoms with van der Waals surface area (Å²) < 4.78 is 51.5. The second kappa shape index (κ2) is 14.4. The second-order valence-electron chi connectivity index (χ2n) is 9.73.